The van der Waals surface area contributed by atoms with Gasteiger partial charge in [0.1, 0.15) is 17.0 Å². The number of benzene rings is 2. The lowest BCUT2D eigenvalue weighted by Crippen LogP contribution is -2.47. The van der Waals surface area contributed by atoms with Crippen LogP contribution in [0.4, 0.5) is 0 Å². The average molecular weight is 417 g/mol. The molecule has 5 rings (SSSR count). The van der Waals surface area contributed by atoms with Gasteiger partial charge in [-0.1, -0.05) is 12.1 Å². The highest BCUT2D eigenvalue weighted by atomic mass is 16.5. The van der Waals surface area contributed by atoms with Gasteiger partial charge in [0.15, 0.2) is 5.96 Å². The van der Waals surface area contributed by atoms with Crippen molar-refractivity contribution in [1.29, 1.82) is 5.26 Å². The fourth-order valence-electron chi connectivity index (χ4n) is 5.86. The van der Waals surface area contributed by atoms with E-state index in [2.05, 4.69) is 23.1 Å². The lowest BCUT2D eigenvalue weighted by molar-refractivity contribution is -0.00334. The van der Waals surface area contributed by atoms with E-state index in [4.69, 9.17) is 20.2 Å². The Morgan fingerprint density at radius 3 is 2.61 bits per heavy atom. The standard InChI is InChI=1S/C25H28N4O2/c1-29-16-25(28-23(29)27)22-13-21(31-20-5-3-4-17(12-20)15-26)7-6-18(22)14-24(25)10-8-19(30-2)9-11-24/h3-7,12-13,19H,8-11,14,16H2,1-2H3,(H2,27,28)/t19-,24-,25?. The van der Waals surface area contributed by atoms with Gasteiger partial charge < -0.3 is 20.1 Å². The summed E-state index contributed by atoms with van der Waals surface area (Å²) in [4.78, 5) is 7.20. The van der Waals surface area contributed by atoms with Crippen LogP contribution in [0.1, 0.15) is 42.4 Å². The van der Waals surface area contributed by atoms with Crippen LogP contribution in [0.5, 0.6) is 11.5 Å². The molecule has 2 aromatic carbocycles. The maximum Gasteiger partial charge on any atom is 0.192 e. The molecule has 1 heterocycles. The van der Waals surface area contributed by atoms with E-state index in [1.165, 1.54) is 11.1 Å². The topological polar surface area (TPSA) is 83.9 Å². The Morgan fingerprint density at radius 1 is 1.16 bits per heavy atom. The molecule has 31 heavy (non-hydrogen) atoms. The number of nitrogens with zero attached hydrogens (tertiary/aromatic N) is 3. The van der Waals surface area contributed by atoms with Crippen LogP contribution in [0.25, 0.3) is 0 Å². The molecular formula is C25H28N4O2. The molecule has 2 spiro atoms. The zero-order valence-electron chi connectivity index (χ0n) is 18.1. The first kappa shape index (κ1) is 19.9. The second-order valence-corrected chi connectivity index (χ2v) is 9.14. The fraction of sp³-hybridized carbons (Fsp3) is 0.440. The van der Waals surface area contributed by atoms with Crippen molar-refractivity contribution in [3.8, 4) is 17.6 Å². The largest absolute Gasteiger partial charge is 0.457 e. The van der Waals surface area contributed by atoms with Crippen molar-refractivity contribution in [2.75, 3.05) is 20.7 Å². The summed E-state index contributed by atoms with van der Waals surface area (Å²) < 4.78 is 11.8. The first-order valence-electron chi connectivity index (χ1n) is 10.9. The molecule has 1 saturated carbocycles. The first-order valence-corrected chi connectivity index (χ1v) is 10.9. The lowest BCUT2D eigenvalue weighted by atomic mass is 9.61. The van der Waals surface area contributed by atoms with Crippen LogP contribution in [0.15, 0.2) is 47.5 Å². The molecule has 1 atom stereocenters. The Kier molecular flexibility index (Phi) is 4.67. The third kappa shape index (κ3) is 3.07. The van der Waals surface area contributed by atoms with Gasteiger partial charge in [-0.3, -0.25) is 0 Å². The van der Waals surface area contributed by atoms with Gasteiger partial charge in [0, 0.05) is 19.6 Å². The molecule has 1 unspecified atom stereocenters. The van der Waals surface area contributed by atoms with Crippen molar-refractivity contribution in [3.63, 3.8) is 0 Å². The summed E-state index contributed by atoms with van der Waals surface area (Å²) >= 11 is 0. The predicted octanol–water partition coefficient (Wildman–Crippen LogP) is 3.94. The van der Waals surface area contributed by atoms with Gasteiger partial charge in [0.05, 0.1) is 24.3 Å². The molecule has 0 bridgehead atoms. The second kappa shape index (κ2) is 7.28. The van der Waals surface area contributed by atoms with Crippen molar-refractivity contribution in [2.24, 2.45) is 16.1 Å². The van der Waals surface area contributed by atoms with E-state index in [9.17, 15) is 5.26 Å². The summed E-state index contributed by atoms with van der Waals surface area (Å²) in [5.41, 5.74) is 9.16. The molecule has 1 aliphatic heterocycles. The van der Waals surface area contributed by atoms with E-state index in [-0.39, 0.29) is 11.0 Å². The van der Waals surface area contributed by atoms with E-state index in [1.54, 1.807) is 12.1 Å². The van der Waals surface area contributed by atoms with E-state index >= 15 is 0 Å². The van der Waals surface area contributed by atoms with Crippen molar-refractivity contribution in [2.45, 2.75) is 43.7 Å². The van der Waals surface area contributed by atoms with E-state index in [0.29, 0.717) is 23.4 Å². The number of fused-ring (bicyclic) bond motifs is 3. The minimum atomic E-state index is -0.353. The van der Waals surface area contributed by atoms with Gasteiger partial charge >= 0.3 is 0 Å². The number of ether oxygens (including phenoxy) is 2. The third-order valence-electron chi connectivity index (χ3n) is 7.52. The molecule has 2 aliphatic carbocycles. The Labute approximate surface area is 183 Å². The molecular weight excluding hydrogens is 388 g/mol. The maximum atomic E-state index is 9.18. The molecule has 1 fully saturated rings. The summed E-state index contributed by atoms with van der Waals surface area (Å²) in [6.45, 7) is 0.789. The molecule has 2 N–H and O–H groups in total. The SMILES string of the molecule is CO[C@H]1CC[C@]2(CC1)Cc1ccc(Oc3cccc(C#N)c3)cc1C21CN(C)C(N)=N1. The highest BCUT2D eigenvalue weighted by Gasteiger charge is 2.61. The van der Waals surface area contributed by atoms with Gasteiger partial charge in [-0.25, -0.2) is 4.99 Å². The van der Waals surface area contributed by atoms with Crippen LogP contribution in [-0.4, -0.2) is 37.7 Å². The number of hydrogen-bond acceptors (Lipinski definition) is 6. The number of likely N-dealkylation sites (N-methyl/N-ethyl adjacent to an activating group) is 1. The summed E-state index contributed by atoms with van der Waals surface area (Å²) in [6.07, 6.45) is 5.59. The van der Waals surface area contributed by atoms with E-state index < -0.39 is 0 Å². The highest BCUT2D eigenvalue weighted by molar-refractivity contribution is 5.81. The number of aliphatic imine (C=N–C) groups is 1. The summed E-state index contributed by atoms with van der Waals surface area (Å²) in [5.74, 6) is 2.03. The van der Waals surface area contributed by atoms with Crippen LogP contribution in [0, 0.1) is 16.7 Å². The molecule has 3 aliphatic rings. The molecule has 160 valence electrons. The average Bonchev–Trinajstić information content (AvgIpc) is 3.22. The van der Waals surface area contributed by atoms with Gasteiger partial charge in [0.25, 0.3) is 0 Å². The molecule has 0 saturated heterocycles. The van der Waals surface area contributed by atoms with Crippen LogP contribution in [-0.2, 0) is 16.7 Å². The number of nitrogens with two attached hydrogens (primary N) is 1. The zero-order chi connectivity index (χ0) is 21.6. The lowest BCUT2D eigenvalue weighted by Gasteiger charge is -2.46. The number of nitriles is 1. The van der Waals surface area contributed by atoms with Gasteiger partial charge in [-0.15, -0.1) is 0 Å². The van der Waals surface area contributed by atoms with Gasteiger partial charge in [-0.2, -0.15) is 5.26 Å². The molecule has 0 radical (unpaired) electrons. The number of guanidine groups is 1. The quantitative estimate of drug-likeness (QED) is 0.819. The summed E-state index contributed by atoms with van der Waals surface area (Å²) in [5, 5.41) is 9.18. The van der Waals surface area contributed by atoms with Crippen molar-refractivity contribution >= 4 is 5.96 Å². The minimum absolute atomic E-state index is 0.0547. The predicted molar refractivity (Wildman–Crippen MR) is 119 cm³/mol. The Hall–Kier alpha value is -3.04. The number of rotatable bonds is 3. The van der Waals surface area contributed by atoms with Crippen LogP contribution >= 0.6 is 0 Å². The second-order valence-electron chi connectivity index (χ2n) is 9.14. The van der Waals surface area contributed by atoms with Crippen LogP contribution in [0.3, 0.4) is 0 Å². The smallest absolute Gasteiger partial charge is 0.192 e. The monoisotopic (exact) mass is 416 g/mol. The molecule has 0 amide bonds. The van der Waals surface area contributed by atoms with Crippen LogP contribution < -0.4 is 10.5 Å². The summed E-state index contributed by atoms with van der Waals surface area (Å²) in [6, 6.07) is 15.8. The Balaban J connectivity index is 1.54. The molecule has 0 aromatic heterocycles. The Bertz CT molecular complexity index is 1080. The molecule has 6 heteroatoms. The number of methoxy groups -OCH3 is 1. The fourth-order valence-corrected chi connectivity index (χ4v) is 5.86. The molecule has 6 nitrogen and oxygen atoms in total. The zero-order valence-corrected chi connectivity index (χ0v) is 18.1. The van der Waals surface area contributed by atoms with E-state index in [1.807, 2.05) is 32.4 Å². The van der Waals surface area contributed by atoms with Gasteiger partial charge in [-0.05, 0) is 73.6 Å². The third-order valence-corrected chi connectivity index (χ3v) is 7.52. The maximum absolute atomic E-state index is 9.18. The van der Waals surface area contributed by atoms with Crippen molar-refractivity contribution in [1.82, 2.24) is 4.90 Å². The van der Waals surface area contributed by atoms with E-state index in [0.717, 1.165) is 44.4 Å². The summed E-state index contributed by atoms with van der Waals surface area (Å²) in [7, 11) is 3.83. The van der Waals surface area contributed by atoms with Crippen molar-refractivity contribution in [3.05, 3.63) is 59.2 Å². The normalized spacial score (nSPS) is 29.1. The molecule has 2 aromatic rings. The minimum Gasteiger partial charge on any atom is -0.457 e. The van der Waals surface area contributed by atoms with Crippen molar-refractivity contribution < 1.29 is 9.47 Å². The van der Waals surface area contributed by atoms with Crippen LogP contribution in [0.2, 0.25) is 0 Å². The van der Waals surface area contributed by atoms with Gasteiger partial charge in [0.2, 0.25) is 0 Å². The number of hydrogen-bond donors (Lipinski definition) is 1. The first-order chi connectivity index (χ1) is 15.0. The Morgan fingerprint density at radius 2 is 1.94 bits per heavy atom. The highest BCUT2D eigenvalue weighted by Crippen LogP contribution is 2.61.